The summed E-state index contributed by atoms with van der Waals surface area (Å²) in [6.45, 7) is 6.42. The van der Waals surface area contributed by atoms with Crippen LogP contribution in [0.1, 0.15) is 27.7 Å². The number of aliphatic hydroxyl groups excluding tert-OH is 1. The molecule has 2 heterocycles. The fraction of sp³-hybridized carbons (Fsp3) is 0.714. The Morgan fingerprint density at radius 3 is 2.75 bits per heavy atom. The number of carbonyl (C=O) groups excluding carboxylic acids is 2. The molecule has 1 fully saturated rings. The van der Waals surface area contributed by atoms with Crippen molar-refractivity contribution in [1.82, 2.24) is 0 Å². The molecule has 20 heavy (non-hydrogen) atoms. The van der Waals surface area contributed by atoms with Crippen LogP contribution in [0.2, 0.25) is 0 Å². The normalized spacial score (nSPS) is 40.5. The molecule has 112 valence electrons. The van der Waals surface area contributed by atoms with Gasteiger partial charge in [0, 0.05) is 18.4 Å². The highest BCUT2D eigenvalue weighted by molar-refractivity contribution is 5.89. The van der Waals surface area contributed by atoms with Crippen LogP contribution in [0, 0.1) is 5.92 Å². The molecule has 2 aliphatic heterocycles. The number of esters is 2. The lowest BCUT2D eigenvalue weighted by molar-refractivity contribution is -0.250. The smallest absolute Gasteiger partial charge is 0.333 e. The minimum atomic E-state index is -1.03. The van der Waals surface area contributed by atoms with Crippen LogP contribution in [0.5, 0.6) is 0 Å². The standard InChI is InChI=1S/C14H20O6/c1-7-5-14(6-18-10(4)15)12(19-13(7)17)8(2)11(16)9(3)20-14/h5,8-9,11-12,16H,6H2,1-4H3/t8-,9+,11-,12+,14+/m1/s1. The van der Waals surface area contributed by atoms with Crippen LogP contribution < -0.4 is 0 Å². The molecule has 1 N–H and O–H groups in total. The van der Waals surface area contributed by atoms with Gasteiger partial charge in [0.15, 0.2) is 5.60 Å². The van der Waals surface area contributed by atoms with E-state index in [1.54, 1.807) is 26.8 Å². The van der Waals surface area contributed by atoms with Crippen molar-refractivity contribution in [3.05, 3.63) is 11.6 Å². The Morgan fingerprint density at radius 2 is 2.15 bits per heavy atom. The average Bonchev–Trinajstić information content (AvgIpc) is 2.37. The first-order valence-electron chi connectivity index (χ1n) is 6.66. The van der Waals surface area contributed by atoms with Gasteiger partial charge in [-0.25, -0.2) is 4.79 Å². The molecule has 5 atom stereocenters. The second kappa shape index (κ2) is 5.18. The fourth-order valence-electron chi connectivity index (χ4n) is 2.86. The zero-order valence-corrected chi connectivity index (χ0v) is 12.1. The van der Waals surface area contributed by atoms with Crippen LogP contribution in [0.25, 0.3) is 0 Å². The van der Waals surface area contributed by atoms with Gasteiger partial charge in [0.25, 0.3) is 0 Å². The first-order chi connectivity index (χ1) is 9.27. The summed E-state index contributed by atoms with van der Waals surface area (Å²) in [5.41, 5.74) is -0.619. The molecule has 2 rings (SSSR count). The predicted octanol–water partition coefficient (Wildman–Crippen LogP) is 0.576. The Bertz CT molecular complexity index is 457. The van der Waals surface area contributed by atoms with Crippen LogP contribution in [-0.4, -0.2) is 47.6 Å². The Balaban J connectivity index is 2.38. The summed E-state index contributed by atoms with van der Waals surface area (Å²) >= 11 is 0. The van der Waals surface area contributed by atoms with Crippen molar-refractivity contribution in [1.29, 1.82) is 0 Å². The van der Waals surface area contributed by atoms with Crippen LogP contribution in [0.15, 0.2) is 11.6 Å². The van der Waals surface area contributed by atoms with E-state index in [0.29, 0.717) is 5.57 Å². The van der Waals surface area contributed by atoms with Crippen LogP contribution in [-0.2, 0) is 23.8 Å². The largest absolute Gasteiger partial charge is 0.462 e. The molecule has 6 heteroatoms. The number of fused-ring (bicyclic) bond motifs is 1. The summed E-state index contributed by atoms with van der Waals surface area (Å²) in [4.78, 5) is 22.8. The molecule has 0 unspecified atom stereocenters. The average molecular weight is 284 g/mol. The van der Waals surface area contributed by atoms with E-state index in [0.717, 1.165) is 0 Å². The summed E-state index contributed by atoms with van der Waals surface area (Å²) < 4.78 is 16.3. The lowest BCUT2D eigenvalue weighted by Crippen LogP contribution is -2.64. The summed E-state index contributed by atoms with van der Waals surface area (Å²) in [5.74, 6) is -1.19. The highest BCUT2D eigenvalue weighted by atomic mass is 16.6. The molecule has 0 aromatic rings. The van der Waals surface area contributed by atoms with Crippen LogP contribution in [0.3, 0.4) is 0 Å². The number of carbonyl (C=O) groups is 2. The third-order valence-electron chi connectivity index (χ3n) is 3.90. The first kappa shape index (κ1) is 15.0. The van der Waals surface area contributed by atoms with Crippen molar-refractivity contribution in [2.75, 3.05) is 6.61 Å². The van der Waals surface area contributed by atoms with Gasteiger partial charge in [0.1, 0.15) is 12.7 Å². The summed E-state index contributed by atoms with van der Waals surface area (Å²) in [6, 6.07) is 0. The summed E-state index contributed by atoms with van der Waals surface area (Å²) in [5, 5.41) is 10.1. The second-order valence-electron chi connectivity index (χ2n) is 5.56. The van der Waals surface area contributed by atoms with Gasteiger partial charge in [-0.3, -0.25) is 4.79 Å². The second-order valence-corrected chi connectivity index (χ2v) is 5.56. The van der Waals surface area contributed by atoms with Crippen molar-refractivity contribution < 1.29 is 28.9 Å². The van der Waals surface area contributed by atoms with E-state index in [4.69, 9.17) is 14.2 Å². The van der Waals surface area contributed by atoms with E-state index in [-0.39, 0.29) is 12.5 Å². The zero-order chi connectivity index (χ0) is 15.1. The molecular weight excluding hydrogens is 264 g/mol. The minimum Gasteiger partial charge on any atom is -0.462 e. The third-order valence-corrected chi connectivity index (χ3v) is 3.90. The summed E-state index contributed by atoms with van der Waals surface area (Å²) in [6.07, 6.45) is -0.224. The van der Waals surface area contributed by atoms with Crippen molar-refractivity contribution in [2.45, 2.75) is 51.6 Å². The van der Waals surface area contributed by atoms with Crippen molar-refractivity contribution in [3.63, 3.8) is 0 Å². The topological polar surface area (TPSA) is 82.1 Å². The van der Waals surface area contributed by atoms with E-state index in [1.807, 2.05) is 0 Å². The van der Waals surface area contributed by atoms with E-state index in [1.165, 1.54) is 6.92 Å². The van der Waals surface area contributed by atoms with Gasteiger partial charge in [-0.05, 0) is 19.9 Å². The maximum Gasteiger partial charge on any atom is 0.333 e. The Kier molecular flexibility index (Phi) is 3.88. The molecule has 0 amide bonds. The SMILES string of the molecule is CC(=O)OC[C@@]12C=C(C)C(=O)O[C@H]1[C@H](C)[C@@H](O)[C@H](C)O2. The van der Waals surface area contributed by atoms with Gasteiger partial charge in [-0.2, -0.15) is 0 Å². The van der Waals surface area contributed by atoms with Gasteiger partial charge < -0.3 is 19.3 Å². The van der Waals surface area contributed by atoms with E-state index in [2.05, 4.69) is 0 Å². The summed E-state index contributed by atoms with van der Waals surface area (Å²) in [7, 11) is 0. The van der Waals surface area contributed by atoms with Gasteiger partial charge in [0.05, 0.1) is 12.2 Å². The number of aliphatic hydroxyl groups is 1. The predicted molar refractivity (Wildman–Crippen MR) is 68.7 cm³/mol. The molecule has 0 aliphatic carbocycles. The van der Waals surface area contributed by atoms with Gasteiger partial charge in [-0.15, -0.1) is 0 Å². The zero-order valence-electron chi connectivity index (χ0n) is 12.1. The Morgan fingerprint density at radius 1 is 1.50 bits per heavy atom. The molecule has 0 aromatic heterocycles. The lowest BCUT2D eigenvalue weighted by Gasteiger charge is -2.50. The molecular formula is C14H20O6. The maximum atomic E-state index is 11.7. The molecule has 1 saturated heterocycles. The Labute approximate surface area is 117 Å². The number of hydrogen-bond donors (Lipinski definition) is 1. The molecule has 0 radical (unpaired) electrons. The van der Waals surface area contributed by atoms with E-state index < -0.39 is 35.9 Å². The lowest BCUT2D eigenvalue weighted by atomic mass is 9.78. The van der Waals surface area contributed by atoms with Crippen molar-refractivity contribution >= 4 is 11.9 Å². The molecule has 0 aromatic carbocycles. The minimum absolute atomic E-state index is 0.0426. The van der Waals surface area contributed by atoms with E-state index in [9.17, 15) is 14.7 Å². The maximum absolute atomic E-state index is 11.7. The van der Waals surface area contributed by atoms with Gasteiger partial charge in [-0.1, -0.05) is 6.92 Å². The highest BCUT2D eigenvalue weighted by Crippen LogP contribution is 2.40. The number of ether oxygens (including phenoxy) is 3. The monoisotopic (exact) mass is 284 g/mol. The van der Waals surface area contributed by atoms with Crippen LogP contribution >= 0.6 is 0 Å². The quantitative estimate of drug-likeness (QED) is 0.747. The number of rotatable bonds is 2. The van der Waals surface area contributed by atoms with Gasteiger partial charge >= 0.3 is 11.9 Å². The van der Waals surface area contributed by atoms with Crippen molar-refractivity contribution in [3.8, 4) is 0 Å². The van der Waals surface area contributed by atoms with Crippen molar-refractivity contribution in [2.24, 2.45) is 5.92 Å². The first-order valence-corrected chi connectivity index (χ1v) is 6.66. The highest BCUT2D eigenvalue weighted by Gasteiger charge is 2.55. The third kappa shape index (κ3) is 2.45. The molecule has 6 nitrogen and oxygen atoms in total. The molecule has 2 aliphatic rings. The number of hydrogen-bond acceptors (Lipinski definition) is 6. The molecule has 0 spiro atoms. The van der Waals surface area contributed by atoms with Crippen LogP contribution in [0.4, 0.5) is 0 Å². The fourth-order valence-corrected chi connectivity index (χ4v) is 2.86. The Hall–Kier alpha value is -1.40. The van der Waals surface area contributed by atoms with E-state index >= 15 is 0 Å². The molecule has 0 saturated carbocycles. The van der Waals surface area contributed by atoms with Gasteiger partial charge in [0.2, 0.25) is 0 Å². The molecule has 0 bridgehead atoms.